The van der Waals surface area contributed by atoms with E-state index in [0.29, 0.717) is 30.1 Å². The lowest BCUT2D eigenvalue weighted by Gasteiger charge is -2.06. The van der Waals surface area contributed by atoms with Gasteiger partial charge >= 0.3 is 0 Å². The van der Waals surface area contributed by atoms with Crippen LogP contribution in [-0.2, 0) is 4.79 Å². The molecule has 0 fully saturated rings. The monoisotopic (exact) mass is 244 g/mol. The Morgan fingerprint density at radius 1 is 1.44 bits per heavy atom. The topological polar surface area (TPSA) is 41.1 Å². The Hall–Kier alpha value is -1.29. The fraction of sp³-hybridized carbons (Fsp3) is 0.364. The first kappa shape index (κ1) is 12.8. The van der Waals surface area contributed by atoms with Gasteiger partial charge in [0.1, 0.15) is 5.82 Å². The van der Waals surface area contributed by atoms with Crippen molar-refractivity contribution in [2.75, 3.05) is 18.9 Å². The molecule has 0 aliphatic heterocycles. The zero-order valence-corrected chi connectivity index (χ0v) is 9.77. The van der Waals surface area contributed by atoms with Crippen molar-refractivity contribution < 1.29 is 9.18 Å². The quantitative estimate of drug-likeness (QED) is 0.781. The minimum atomic E-state index is -0.374. The van der Waals surface area contributed by atoms with Crippen LogP contribution in [0.3, 0.4) is 0 Å². The number of benzene rings is 1. The van der Waals surface area contributed by atoms with Crippen LogP contribution in [0.25, 0.3) is 0 Å². The van der Waals surface area contributed by atoms with Crippen molar-refractivity contribution >= 4 is 23.2 Å². The van der Waals surface area contributed by atoms with Crippen LogP contribution in [0.5, 0.6) is 0 Å². The van der Waals surface area contributed by atoms with Crippen molar-refractivity contribution in [2.45, 2.75) is 12.8 Å². The Morgan fingerprint density at radius 2 is 2.19 bits per heavy atom. The molecule has 3 nitrogen and oxygen atoms in total. The van der Waals surface area contributed by atoms with Crippen LogP contribution in [0, 0.1) is 5.82 Å². The molecule has 16 heavy (non-hydrogen) atoms. The maximum absolute atomic E-state index is 12.9. The van der Waals surface area contributed by atoms with E-state index in [-0.39, 0.29) is 11.7 Å². The van der Waals surface area contributed by atoms with Gasteiger partial charge in [-0.1, -0.05) is 11.6 Å². The molecule has 0 aliphatic rings. The summed E-state index contributed by atoms with van der Waals surface area (Å²) in [4.78, 5) is 10.9. The summed E-state index contributed by atoms with van der Waals surface area (Å²) in [6, 6.07) is 4.26. The van der Waals surface area contributed by atoms with E-state index in [0.717, 1.165) is 0 Å². The maximum atomic E-state index is 12.9. The zero-order chi connectivity index (χ0) is 12.0. The summed E-state index contributed by atoms with van der Waals surface area (Å²) in [5.41, 5.74) is 0.627. The van der Waals surface area contributed by atoms with E-state index in [1.54, 1.807) is 13.1 Å². The van der Waals surface area contributed by atoms with Crippen LogP contribution in [-0.4, -0.2) is 19.5 Å². The van der Waals surface area contributed by atoms with Crippen LogP contribution < -0.4 is 10.6 Å². The molecular formula is C11H14ClFN2O. The lowest BCUT2D eigenvalue weighted by atomic mass is 10.2. The molecule has 1 aromatic carbocycles. The first-order valence-corrected chi connectivity index (χ1v) is 5.40. The summed E-state index contributed by atoms with van der Waals surface area (Å²) in [6.45, 7) is 0.604. The average Bonchev–Trinajstić information content (AvgIpc) is 2.22. The van der Waals surface area contributed by atoms with Crippen LogP contribution in [0.4, 0.5) is 10.1 Å². The minimum absolute atomic E-state index is 0.000857. The first-order valence-electron chi connectivity index (χ1n) is 5.02. The summed E-state index contributed by atoms with van der Waals surface area (Å²) in [5.74, 6) is -0.375. The molecule has 0 saturated carbocycles. The van der Waals surface area contributed by atoms with Gasteiger partial charge in [0.15, 0.2) is 0 Å². The van der Waals surface area contributed by atoms with Gasteiger partial charge in [-0.3, -0.25) is 4.79 Å². The van der Waals surface area contributed by atoms with E-state index >= 15 is 0 Å². The SMILES string of the molecule is CNC(=O)CCCNc1cc(F)cc(Cl)c1. The summed E-state index contributed by atoms with van der Waals surface area (Å²) in [6.07, 6.45) is 1.14. The predicted octanol–water partition coefficient (Wildman–Crippen LogP) is 2.42. The highest BCUT2D eigenvalue weighted by Gasteiger charge is 2.00. The lowest BCUT2D eigenvalue weighted by molar-refractivity contribution is -0.120. The van der Waals surface area contributed by atoms with Crippen molar-refractivity contribution in [3.05, 3.63) is 29.0 Å². The van der Waals surface area contributed by atoms with Crippen LogP contribution in [0.1, 0.15) is 12.8 Å². The van der Waals surface area contributed by atoms with Gasteiger partial charge in [-0.05, 0) is 24.6 Å². The molecular weight excluding hydrogens is 231 g/mol. The number of nitrogens with one attached hydrogen (secondary N) is 2. The largest absolute Gasteiger partial charge is 0.385 e. The van der Waals surface area contributed by atoms with E-state index in [1.165, 1.54) is 12.1 Å². The van der Waals surface area contributed by atoms with E-state index in [9.17, 15) is 9.18 Å². The van der Waals surface area contributed by atoms with Gasteiger partial charge < -0.3 is 10.6 Å². The summed E-state index contributed by atoms with van der Waals surface area (Å²) < 4.78 is 12.9. The fourth-order valence-corrected chi connectivity index (χ4v) is 1.48. The van der Waals surface area contributed by atoms with Crippen LogP contribution in [0.2, 0.25) is 5.02 Å². The Balaban J connectivity index is 2.34. The molecule has 0 heterocycles. The first-order chi connectivity index (χ1) is 7.61. The lowest BCUT2D eigenvalue weighted by Crippen LogP contribution is -2.18. The van der Waals surface area contributed by atoms with E-state index in [2.05, 4.69) is 10.6 Å². The number of anilines is 1. The number of halogens is 2. The summed E-state index contributed by atoms with van der Waals surface area (Å²) >= 11 is 5.69. The molecule has 5 heteroatoms. The number of hydrogen-bond acceptors (Lipinski definition) is 2. The van der Waals surface area contributed by atoms with Gasteiger partial charge in [-0.15, -0.1) is 0 Å². The average molecular weight is 245 g/mol. The zero-order valence-electron chi connectivity index (χ0n) is 9.02. The van der Waals surface area contributed by atoms with E-state index in [4.69, 9.17) is 11.6 Å². The second-order valence-electron chi connectivity index (χ2n) is 3.36. The van der Waals surface area contributed by atoms with Crippen molar-refractivity contribution in [3.63, 3.8) is 0 Å². The molecule has 0 saturated heterocycles. The van der Waals surface area contributed by atoms with Crippen LogP contribution >= 0.6 is 11.6 Å². The molecule has 0 aliphatic carbocycles. The van der Waals surface area contributed by atoms with Gasteiger partial charge in [0.05, 0.1) is 0 Å². The Morgan fingerprint density at radius 3 is 2.81 bits per heavy atom. The maximum Gasteiger partial charge on any atom is 0.219 e. The van der Waals surface area contributed by atoms with Gasteiger partial charge in [0, 0.05) is 30.7 Å². The molecule has 0 unspecified atom stereocenters. The minimum Gasteiger partial charge on any atom is -0.385 e. The van der Waals surface area contributed by atoms with Gasteiger partial charge in [-0.2, -0.15) is 0 Å². The van der Waals surface area contributed by atoms with E-state index in [1.807, 2.05) is 0 Å². The number of carbonyl (C=O) groups is 1. The Bertz CT molecular complexity index is 351. The molecule has 2 N–H and O–H groups in total. The molecule has 88 valence electrons. The number of amides is 1. The highest BCUT2D eigenvalue weighted by molar-refractivity contribution is 6.30. The molecule has 1 rings (SSSR count). The fourth-order valence-electron chi connectivity index (χ4n) is 1.26. The second-order valence-corrected chi connectivity index (χ2v) is 3.80. The summed E-state index contributed by atoms with van der Waals surface area (Å²) in [7, 11) is 1.60. The summed E-state index contributed by atoms with van der Waals surface area (Å²) in [5, 5.41) is 5.89. The van der Waals surface area contributed by atoms with Crippen molar-refractivity contribution in [1.82, 2.24) is 5.32 Å². The predicted molar refractivity (Wildman–Crippen MR) is 63.2 cm³/mol. The van der Waals surface area contributed by atoms with E-state index < -0.39 is 0 Å². The highest BCUT2D eigenvalue weighted by atomic mass is 35.5. The van der Waals surface area contributed by atoms with Gasteiger partial charge in [-0.25, -0.2) is 4.39 Å². The third-order valence-corrected chi connectivity index (χ3v) is 2.27. The third-order valence-electron chi connectivity index (χ3n) is 2.05. The third kappa shape index (κ3) is 4.49. The van der Waals surface area contributed by atoms with Gasteiger partial charge in [0.2, 0.25) is 5.91 Å². The van der Waals surface area contributed by atoms with Crippen molar-refractivity contribution in [1.29, 1.82) is 0 Å². The number of rotatable bonds is 5. The molecule has 0 bridgehead atoms. The molecule has 1 aromatic rings. The van der Waals surface area contributed by atoms with Crippen molar-refractivity contribution in [3.8, 4) is 0 Å². The Kier molecular flexibility index (Phi) is 5.05. The van der Waals surface area contributed by atoms with Gasteiger partial charge in [0.25, 0.3) is 0 Å². The number of carbonyl (C=O) groups excluding carboxylic acids is 1. The van der Waals surface area contributed by atoms with Crippen LogP contribution in [0.15, 0.2) is 18.2 Å². The molecule has 0 atom stereocenters. The number of hydrogen-bond donors (Lipinski definition) is 2. The highest BCUT2D eigenvalue weighted by Crippen LogP contribution is 2.17. The standard InChI is InChI=1S/C11H14ClFN2O/c1-14-11(16)3-2-4-15-10-6-8(12)5-9(13)7-10/h5-7,15H,2-4H2,1H3,(H,14,16). The molecule has 0 aromatic heterocycles. The molecule has 0 radical (unpaired) electrons. The second kappa shape index (κ2) is 6.33. The van der Waals surface area contributed by atoms with Crippen molar-refractivity contribution in [2.24, 2.45) is 0 Å². The normalized spacial score (nSPS) is 9.94. The smallest absolute Gasteiger partial charge is 0.219 e. The Labute approximate surface area is 99.0 Å². The molecule has 0 spiro atoms. The molecule has 1 amide bonds.